The number of alkyl halides is 1. The van der Waals surface area contributed by atoms with Crippen LogP contribution in [0, 0.1) is 5.92 Å². The highest BCUT2D eigenvalue weighted by atomic mass is 19.1. The van der Waals surface area contributed by atoms with Crippen molar-refractivity contribution in [2.45, 2.75) is 38.4 Å². The van der Waals surface area contributed by atoms with Gasteiger partial charge in [0.15, 0.2) is 5.78 Å². The van der Waals surface area contributed by atoms with Gasteiger partial charge in [0.05, 0.1) is 5.69 Å². The quantitative estimate of drug-likeness (QED) is 0.358. The molecule has 5 nitrogen and oxygen atoms in total. The Morgan fingerprint density at radius 2 is 1.82 bits per heavy atom. The van der Waals surface area contributed by atoms with Crippen LogP contribution in [-0.4, -0.2) is 33.7 Å². The molecule has 1 aromatic heterocycles. The SMILES string of the molecule is O=C(C=CC1CCN(Cc2ccccc2)CC1)c1ccc(Nc2ncc3c(n2)C(F)CC3)cc1. The number of nitrogens with one attached hydrogen (secondary N) is 1. The summed E-state index contributed by atoms with van der Waals surface area (Å²) in [5.74, 6) is 0.821. The molecule has 6 heteroatoms. The van der Waals surface area contributed by atoms with Crippen LogP contribution in [0.2, 0.25) is 0 Å². The molecule has 1 atom stereocenters. The molecule has 1 unspecified atom stereocenters. The smallest absolute Gasteiger partial charge is 0.227 e. The molecule has 0 spiro atoms. The van der Waals surface area contributed by atoms with E-state index in [0.717, 1.165) is 43.7 Å². The van der Waals surface area contributed by atoms with Crippen LogP contribution in [0.5, 0.6) is 0 Å². The number of hydrogen-bond acceptors (Lipinski definition) is 5. The Kier molecular flexibility index (Phi) is 6.77. The minimum atomic E-state index is -1.01. The fourth-order valence-electron chi connectivity index (χ4n) is 4.67. The Morgan fingerprint density at radius 1 is 1.06 bits per heavy atom. The number of nitrogens with zero attached hydrogens (tertiary/aromatic N) is 3. The Balaban J connectivity index is 1.12. The normalized spacial score (nSPS) is 18.8. The molecular weight excluding hydrogens is 427 g/mol. The van der Waals surface area contributed by atoms with E-state index in [1.54, 1.807) is 24.4 Å². The third kappa shape index (κ3) is 5.39. The van der Waals surface area contributed by atoms with Crippen LogP contribution in [0.4, 0.5) is 16.0 Å². The van der Waals surface area contributed by atoms with Gasteiger partial charge < -0.3 is 5.32 Å². The van der Waals surface area contributed by atoms with Crippen LogP contribution in [-0.2, 0) is 13.0 Å². The van der Waals surface area contributed by atoms with Crippen molar-refractivity contribution in [1.29, 1.82) is 0 Å². The van der Waals surface area contributed by atoms with E-state index in [-0.39, 0.29) is 5.78 Å². The first kappa shape index (κ1) is 22.4. The number of fused-ring (bicyclic) bond motifs is 1. The topological polar surface area (TPSA) is 58.1 Å². The van der Waals surface area contributed by atoms with E-state index in [1.165, 1.54) is 5.56 Å². The number of benzene rings is 2. The lowest BCUT2D eigenvalue weighted by Crippen LogP contribution is -2.32. The lowest BCUT2D eigenvalue weighted by Gasteiger charge is -2.30. The second-order valence-electron chi connectivity index (χ2n) is 9.14. The summed E-state index contributed by atoms with van der Waals surface area (Å²) >= 11 is 0. The van der Waals surface area contributed by atoms with Crippen LogP contribution in [0.3, 0.4) is 0 Å². The number of carbonyl (C=O) groups excluding carboxylic acids is 1. The highest BCUT2D eigenvalue weighted by Crippen LogP contribution is 2.32. The highest BCUT2D eigenvalue weighted by Gasteiger charge is 2.24. The number of halogens is 1. The fourth-order valence-corrected chi connectivity index (χ4v) is 4.67. The molecule has 1 fully saturated rings. The second-order valence-corrected chi connectivity index (χ2v) is 9.14. The van der Waals surface area contributed by atoms with Crippen molar-refractivity contribution in [1.82, 2.24) is 14.9 Å². The van der Waals surface area contributed by atoms with Crippen molar-refractivity contribution < 1.29 is 9.18 Å². The number of carbonyl (C=O) groups is 1. The molecule has 2 aliphatic rings. The van der Waals surface area contributed by atoms with Gasteiger partial charge >= 0.3 is 0 Å². The first-order chi connectivity index (χ1) is 16.6. The summed E-state index contributed by atoms with van der Waals surface area (Å²) in [7, 11) is 0. The Hall–Kier alpha value is -3.38. The molecule has 34 heavy (non-hydrogen) atoms. The van der Waals surface area contributed by atoms with Crippen molar-refractivity contribution in [3.8, 4) is 0 Å². The maximum absolute atomic E-state index is 13.9. The van der Waals surface area contributed by atoms with Crippen molar-refractivity contribution in [3.63, 3.8) is 0 Å². The molecule has 0 radical (unpaired) electrons. The highest BCUT2D eigenvalue weighted by molar-refractivity contribution is 6.04. The number of rotatable bonds is 7. The number of aryl methyl sites for hydroxylation is 1. The van der Waals surface area contributed by atoms with Crippen molar-refractivity contribution in [2.24, 2.45) is 5.92 Å². The van der Waals surface area contributed by atoms with Gasteiger partial charge in [0, 0.05) is 24.0 Å². The van der Waals surface area contributed by atoms with E-state index in [9.17, 15) is 9.18 Å². The number of aromatic nitrogens is 2. The van der Waals surface area contributed by atoms with Gasteiger partial charge in [-0.05, 0) is 86.2 Å². The first-order valence-electron chi connectivity index (χ1n) is 12.0. The molecule has 1 saturated heterocycles. The number of likely N-dealkylation sites (tertiary alicyclic amines) is 1. The van der Waals surface area contributed by atoms with Gasteiger partial charge in [0.2, 0.25) is 5.95 Å². The third-order valence-corrected chi connectivity index (χ3v) is 6.69. The van der Waals surface area contributed by atoms with E-state index in [0.29, 0.717) is 36.0 Å². The monoisotopic (exact) mass is 456 g/mol. The van der Waals surface area contributed by atoms with Crippen molar-refractivity contribution in [2.75, 3.05) is 18.4 Å². The van der Waals surface area contributed by atoms with Crippen molar-refractivity contribution in [3.05, 3.63) is 95.3 Å². The number of anilines is 2. The minimum Gasteiger partial charge on any atom is -0.324 e. The van der Waals surface area contributed by atoms with Crippen LogP contribution < -0.4 is 5.32 Å². The van der Waals surface area contributed by atoms with Gasteiger partial charge in [0.1, 0.15) is 6.17 Å². The molecule has 1 aliphatic carbocycles. The molecular formula is C28H29FN4O. The molecule has 3 aromatic rings. The fraction of sp³-hybridized carbons (Fsp3) is 0.321. The molecule has 0 bridgehead atoms. The Labute approximate surface area is 199 Å². The predicted octanol–water partition coefficient (Wildman–Crippen LogP) is 5.83. The standard InChI is InChI=1S/C28H29FN4O/c29-25-12-9-23-18-30-28(32-27(23)25)31-24-10-7-22(8-11-24)26(34)13-6-20-14-16-33(17-15-20)19-21-4-2-1-3-5-21/h1-8,10-11,13,18,20,25H,9,12,14-17,19H2,(H,30,31,32). The number of piperidine rings is 1. The van der Waals surface area contributed by atoms with E-state index in [1.807, 2.05) is 18.2 Å². The van der Waals surface area contributed by atoms with Gasteiger partial charge in [-0.25, -0.2) is 14.4 Å². The molecule has 2 aromatic carbocycles. The van der Waals surface area contributed by atoms with E-state index >= 15 is 0 Å². The molecule has 2 heterocycles. The van der Waals surface area contributed by atoms with E-state index < -0.39 is 6.17 Å². The maximum Gasteiger partial charge on any atom is 0.227 e. The summed E-state index contributed by atoms with van der Waals surface area (Å²) in [5.41, 5.74) is 4.12. The van der Waals surface area contributed by atoms with Gasteiger partial charge in [-0.2, -0.15) is 0 Å². The van der Waals surface area contributed by atoms with Crippen LogP contribution in [0.1, 0.15) is 52.6 Å². The minimum absolute atomic E-state index is 0.00677. The molecule has 174 valence electrons. The zero-order chi connectivity index (χ0) is 23.3. The van der Waals surface area contributed by atoms with Crippen LogP contribution >= 0.6 is 0 Å². The van der Waals surface area contributed by atoms with E-state index in [2.05, 4.69) is 50.5 Å². The lowest BCUT2D eigenvalue weighted by atomic mass is 9.95. The summed E-state index contributed by atoms with van der Waals surface area (Å²) in [6.45, 7) is 3.08. The van der Waals surface area contributed by atoms with Crippen LogP contribution in [0.15, 0.2) is 72.9 Å². The van der Waals surface area contributed by atoms with Gasteiger partial charge in [-0.3, -0.25) is 9.69 Å². The number of ketones is 1. The predicted molar refractivity (Wildman–Crippen MR) is 132 cm³/mol. The molecule has 0 saturated carbocycles. The first-order valence-corrected chi connectivity index (χ1v) is 12.0. The van der Waals surface area contributed by atoms with Crippen LogP contribution in [0.25, 0.3) is 0 Å². The summed E-state index contributed by atoms with van der Waals surface area (Å²) in [6, 6.07) is 17.8. The summed E-state index contributed by atoms with van der Waals surface area (Å²) in [4.78, 5) is 23.7. The summed E-state index contributed by atoms with van der Waals surface area (Å²) in [5, 5.41) is 3.10. The summed E-state index contributed by atoms with van der Waals surface area (Å²) in [6.07, 6.45) is 7.77. The molecule has 0 amide bonds. The van der Waals surface area contributed by atoms with Crippen molar-refractivity contribution >= 4 is 17.4 Å². The Bertz CT molecular complexity index is 1150. The maximum atomic E-state index is 13.9. The van der Waals surface area contributed by atoms with Gasteiger partial charge in [0.25, 0.3) is 0 Å². The van der Waals surface area contributed by atoms with E-state index in [4.69, 9.17) is 0 Å². The lowest BCUT2D eigenvalue weighted by molar-refractivity contribution is 0.104. The zero-order valence-electron chi connectivity index (χ0n) is 19.2. The molecule has 1 N–H and O–H groups in total. The van der Waals surface area contributed by atoms with Gasteiger partial charge in [-0.15, -0.1) is 0 Å². The second kappa shape index (κ2) is 10.3. The molecule has 1 aliphatic heterocycles. The van der Waals surface area contributed by atoms with Gasteiger partial charge in [-0.1, -0.05) is 36.4 Å². The third-order valence-electron chi connectivity index (χ3n) is 6.69. The Morgan fingerprint density at radius 3 is 2.59 bits per heavy atom. The summed E-state index contributed by atoms with van der Waals surface area (Å²) < 4.78 is 13.9. The molecule has 5 rings (SSSR count). The average Bonchev–Trinajstić information content (AvgIpc) is 3.24. The number of hydrogen-bond donors (Lipinski definition) is 1. The largest absolute Gasteiger partial charge is 0.324 e. The average molecular weight is 457 g/mol. The zero-order valence-corrected chi connectivity index (χ0v) is 19.2. The number of allylic oxidation sites excluding steroid dienone is 2.